The van der Waals surface area contributed by atoms with E-state index in [4.69, 9.17) is 16.6 Å². The maximum atomic E-state index is 13.3. The van der Waals surface area contributed by atoms with Crippen molar-refractivity contribution in [3.63, 3.8) is 0 Å². The van der Waals surface area contributed by atoms with Gasteiger partial charge in [-0.25, -0.2) is 4.98 Å². The Morgan fingerprint density at radius 3 is 2.59 bits per heavy atom. The van der Waals surface area contributed by atoms with E-state index in [2.05, 4.69) is 36.9 Å². The molecule has 0 saturated carbocycles. The molecule has 1 aromatic heterocycles. The summed E-state index contributed by atoms with van der Waals surface area (Å²) in [6.07, 6.45) is 1.26. The highest BCUT2D eigenvalue weighted by Gasteiger charge is 2.21. The molecule has 0 aliphatic heterocycles. The molecular formula is C22H27Cl2N3OS. The molecule has 0 N–H and O–H groups in total. The van der Waals surface area contributed by atoms with Gasteiger partial charge in [-0.3, -0.25) is 9.69 Å². The lowest BCUT2D eigenvalue weighted by atomic mass is 10.0. The molecule has 0 unspecified atom stereocenters. The Morgan fingerprint density at radius 2 is 1.90 bits per heavy atom. The summed E-state index contributed by atoms with van der Waals surface area (Å²) in [7, 11) is 4.08. The predicted octanol–water partition coefficient (Wildman–Crippen LogP) is 5.52. The van der Waals surface area contributed by atoms with Crippen LogP contribution in [-0.4, -0.2) is 43.0 Å². The van der Waals surface area contributed by atoms with Crippen molar-refractivity contribution in [1.29, 1.82) is 0 Å². The smallest absolute Gasteiger partial charge is 0.233 e. The molecule has 1 heterocycles. The monoisotopic (exact) mass is 451 g/mol. The van der Waals surface area contributed by atoms with E-state index in [1.807, 2.05) is 37.2 Å². The van der Waals surface area contributed by atoms with Crippen molar-refractivity contribution in [2.45, 2.75) is 26.7 Å². The first-order chi connectivity index (χ1) is 13.3. The summed E-state index contributed by atoms with van der Waals surface area (Å²) >= 11 is 7.82. The molecule has 0 atom stereocenters. The van der Waals surface area contributed by atoms with Gasteiger partial charge in [-0.2, -0.15) is 0 Å². The Labute approximate surface area is 187 Å². The minimum absolute atomic E-state index is 0. The fraction of sp³-hybridized carbons (Fsp3) is 0.364. The van der Waals surface area contributed by atoms with Gasteiger partial charge in [0.05, 0.1) is 16.1 Å². The zero-order valence-electron chi connectivity index (χ0n) is 17.2. The van der Waals surface area contributed by atoms with Gasteiger partial charge in [0.15, 0.2) is 5.13 Å². The topological polar surface area (TPSA) is 36.4 Å². The van der Waals surface area contributed by atoms with Crippen molar-refractivity contribution in [1.82, 2.24) is 9.88 Å². The number of para-hydroxylation sites is 1. The number of fused-ring (bicyclic) bond motifs is 1. The van der Waals surface area contributed by atoms with E-state index < -0.39 is 0 Å². The first-order valence-corrected chi connectivity index (χ1v) is 10.6. The van der Waals surface area contributed by atoms with Gasteiger partial charge >= 0.3 is 0 Å². The van der Waals surface area contributed by atoms with Crippen LogP contribution in [0.3, 0.4) is 0 Å². The zero-order chi connectivity index (χ0) is 20.3. The number of amides is 1. The Hall–Kier alpha value is -1.66. The standard InChI is InChI=1S/C22H26ClN3OS.ClH/c1-15-9-10-16(2)17(13-15)14-20(27)26(12-6-11-25(3)4)22-24-21-18(23)7-5-8-19(21)28-22;/h5,7-10,13H,6,11-12,14H2,1-4H3;1H. The third-order valence-electron chi connectivity index (χ3n) is 4.72. The van der Waals surface area contributed by atoms with E-state index in [9.17, 15) is 4.79 Å². The number of aromatic nitrogens is 1. The van der Waals surface area contributed by atoms with Crippen LogP contribution in [0.1, 0.15) is 23.1 Å². The average molecular weight is 452 g/mol. The number of rotatable bonds is 7. The summed E-state index contributed by atoms with van der Waals surface area (Å²) in [5.74, 6) is 0.0719. The van der Waals surface area contributed by atoms with Gasteiger partial charge < -0.3 is 4.90 Å². The lowest BCUT2D eigenvalue weighted by Crippen LogP contribution is -2.34. The van der Waals surface area contributed by atoms with E-state index in [1.165, 1.54) is 16.9 Å². The fourth-order valence-corrected chi connectivity index (χ4v) is 4.45. The fourth-order valence-electron chi connectivity index (χ4n) is 3.14. The second kappa shape index (κ2) is 10.4. The van der Waals surface area contributed by atoms with Crippen LogP contribution in [0.4, 0.5) is 5.13 Å². The Bertz CT molecular complexity index is 987. The molecule has 0 spiro atoms. The number of hydrogen-bond donors (Lipinski definition) is 0. The summed E-state index contributed by atoms with van der Waals surface area (Å²) in [4.78, 5) is 21.9. The molecular weight excluding hydrogens is 425 g/mol. The summed E-state index contributed by atoms with van der Waals surface area (Å²) in [6, 6.07) is 12.0. The van der Waals surface area contributed by atoms with Gasteiger partial charge in [0.1, 0.15) is 5.52 Å². The predicted molar refractivity (Wildman–Crippen MR) is 127 cm³/mol. The number of anilines is 1. The van der Waals surface area contributed by atoms with Crippen LogP contribution in [0.25, 0.3) is 10.2 Å². The Balaban J connectivity index is 0.00000300. The van der Waals surface area contributed by atoms with Crippen LogP contribution >= 0.6 is 35.3 Å². The Kier molecular flexibility index (Phi) is 8.46. The summed E-state index contributed by atoms with van der Waals surface area (Å²) in [6.45, 7) is 5.66. The molecule has 7 heteroatoms. The highest BCUT2D eigenvalue weighted by atomic mass is 35.5. The molecule has 4 nitrogen and oxygen atoms in total. The lowest BCUT2D eigenvalue weighted by molar-refractivity contribution is -0.118. The third-order valence-corrected chi connectivity index (χ3v) is 6.07. The SMILES string of the molecule is Cc1ccc(C)c(CC(=O)N(CCCN(C)C)c2nc3c(Cl)cccc3s2)c1.Cl. The minimum Gasteiger partial charge on any atom is -0.309 e. The molecule has 0 aliphatic carbocycles. The van der Waals surface area contributed by atoms with Gasteiger partial charge in [-0.05, 0) is 64.2 Å². The van der Waals surface area contributed by atoms with E-state index in [1.54, 1.807) is 0 Å². The lowest BCUT2D eigenvalue weighted by Gasteiger charge is -2.21. The number of carbonyl (C=O) groups excluding carboxylic acids is 1. The van der Waals surface area contributed by atoms with E-state index in [0.29, 0.717) is 18.0 Å². The number of benzene rings is 2. The summed E-state index contributed by atoms with van der Waals surface area (Å²) in [5.41, 5.74) is 4.14. The number of thiazole rings is 1. The second-order valence-electron chi connectivity index (χ2n) is 7.39. The summed E-state index contributed by atoms with van der Waals surface area (Å²) < 4.78 is 1.000. The van der Waals surface area contributed by atoms with Crippen molar-refractivity contribution < 1.29 is 4.79 Å². The number of carbonyl (C=O) groups is 1. The van der Waals surface area contributed by atoms with Crippen LogP contribution in [0.15, 0.2) is 36.4 Å². The minimum atomic E-state index is 0. The van der Waals surface area contributed by atoms with Crippen LogP contribution in [0.5, 0.6) is 0 Å². The van der Waals surface area contributed by atoms with Gasteiger partial charge in [-0.15, -0.1) is 12.4 Å². The van der Waals surface area contributed by atoms with Gasteiger partial charge in [0, 0.05) is 6.54 Å². The molecule has 0 bridgehead atoms. The van der Waals surface area contributed by atoms with Crippen molar-refractivity contribution in [2.75, 3.05) is 32.1 Å². The van der Waals surface area contributed by atoms with E-state index in [0.717, 1.165) is 39.4 Å². The van der Waals surface area contributed by atoms with Crippen LogP contribution in [-0.2, 0) is 11.2 Å². The van der Waals surface area contributed by atoms with Crippen LogP contribution in [0.2, 0.25) is 5.02 Å². The molecule has 0 radical (unpaired) electrons. The normalized spacial score (nSPS) is 11.0. The summed E-state index contributed by atoms with van der Waals surface area (Å²) in [5, 5.41) is 1.34. The number of halogens is 2. The maximum Gasteiger partial charge on any atom is 0.233 e. The first-order valence-electron chi connectivity index (χ1n) is 9.41. The van der Waals surface area contributed by atoms with E-state index >= 15 is 0 Å². The van der Waals surface area contributed by atoms with Crippen LogP contribution in [0, 0.1) is 13.8 Å². The molecule has 29 heavy (non-hydrogen) atoms. The molecule has 156 valence electrons. The maximum absolute atomic E-state index is 13.3. The van der Waals surface area contributed by atoms with Gasteiger partial charge in [-0.1, -0.05) is 52.8 Å². The van der Waals surface area contributed by atoms with Gasteiger partial charge in [0.2, 0.25) is 5.91 Å². The quantitative estimate of drug-likeness (QED) is 0.474. The molecule has 3 aromatic rings. The van der Waals surface area contributed by atoms with Crippen molar-refractivity contribution in [3.8, 4) is 0 Å². The molecule has 1 amide bonds. The Morgan fingerprint density at radius 1 is 1.14 bits per heavy atom. The zero-order valence-corrected chi connectivity index (χ0v) is 19.6. The molecule has 0 aliphatic rings. The van der Waals surface area contributed by atoms with Crippen molar-refractivity contribution in [3.05, 3.63) is 58.1 Å². The highest BCUT2D eigenvalue weighted by molar-refractivity contribution is 7.22. The largest absolute Gasteiger partial charge is 0.309 e. The van der Waals surface area contributed by atoms with Crippen molar-refractivity contribution in [2.24, 2.45) is 0 Å². The van der Waals surface area contributed by atoms with Gasteiger partial charge in [0.25, 0.3) is 0 Å². The molecule has 0 saturated heterocycles. The number of nitrogens with zero attached hydrogens (tertiary/aromatic N) is 3. The molecule has 3 rings (SSSR count). The number of hydrogen-bond acceptors (Lipinski definition) is 4. The van der Waals surface area contributed by atoms with Crippen LogP contribution < -0.4 is 4.90 Å². The van der Waals surface area contributed by atoms with E-state index in [-0.39, 0.29) is 18.3 Å². The second-order valence-corrected chi connectivity index (χ2v) is 8.81. The number of aryl methyl sites for hydroxylation is 2. The molecule has 2 aromatic carbocycles. The first kappa shape index (κ1) is 23.6. The highest BCUT2D eigenvalue weighted by Crippen LogP contribution is 2.33. The van der Waals surface area contributed by atoms with Crippen molar-refractivity contribution >= 4 is 56.6 Å². The average Bonchev–Trinajstić information content (AvgIpc) is 3.06. The third kappa shape index (κ3) is 5.92. The molecule has 0 fully saturated rings.